The van der Waals surface area contributed by atoms with E-state index in [0.29, 0.717) is 0 Å². The fraction of sp³-hybridized carbons (Fsp3) is 0.600. The van der Waals surface area contributed by atoms with E-state index in [1.807, 2.05) is 0 Å². The maximum atomic E-state index is 10.4. The molecule has 0 aliphatic heterocycles. The Hall–Kier alpha value is -0.820. The van der Waals surface area contributed by atoms with E-state index in [-0.39, 0.29) is 11.5 Å². The highest BCUT2D eigenvalue weighted by atomic mass is 16.3. The zero-order valence-corrected chi connectivity index (χ0v) is 10.2. The SMILES string of the molecule is CC[C@@H](O)C1(c2ccccc2)CCCCC1. The Bertz CT molecular complexity index is 311. The molecule has 1 aliphatic rings. The molecule has 0 amide bonds. The van der Waals surface area contributed by atoms with Crippen molar-refractivity contribution in [2.75, 3.05) is 0 Å². The zero-order valence-electron chi connectivity index (χ0n) is 10.2. The Kier molecular flexibility index (Phi) is 3.65. The van der Waals surface area contributed by atoms with Crippen LogP contribution in [0.15, 0.2) is 30.3 Å². The maximum Gasteiger partial charge on any atom is 0.0634 e. The van der Waals surface area contributed by atoms with Gasteiger partial charge in [-0.1, -0.05) is 56.5 Å². The Balaban J connectivity index is 2.34. The van der Waals surface area contributed by atoms with Gasteiger partial charge >= 0.3 is 0 Å². The quantitative estimate of drug-likeness (QED) is 0.821. The van der Waals surface area contributed by atoms with E-state index in [4.69, 9.17) is 0 Å². The smallest absolute Gasteiger partial charge is 0.0634 e. The lowest BCUT2D eigenvalue weighted by atomic mass is 9.65. The Morgan fingerprint density at radius 2 is 1.75 bits per heavy atom. The minimum absolute atomic E-state index is 0.0360. The van der Waals surface area contributed by atoms with Crippen molar-refractivity contribution in [3.05, 3.63) is 35.9 Å². The normalized spacial score (nSPS) is 21.6. The third-order valence-electron chi connectivity index (χ3n) is 4.12. The van der Waals surface area contributed by atoms with Crippen molar-refractivity contribution in [3.8, 4) is 0 Å². The molecule has 0 radical (unpaired) electrons. The van der Waals surface area contributed by atoms with Crippen LogP contribution >= 0.6 is 0 Å². The molecule has 1 aromatic rings. The first-order valence-corrected chi connectivity index (χ1v) is 6.53. The van der Waals surface area contributed by atoms with Crippen LogP contribution in [0.5, 0.6) is 0 Å². The summed E-state index contributed by atoms with van der Waals surface area (Å²) in [5.41, 5.74) is 1.37. The Morgan fingerprint density at radius 3 is 2.31 bits per heavy atom. The fourth-order valence-corrected chi connectivity index (χ4v) is 3.16. The molecule has 1 nitrogen and oxygen atoms in total. The molecule has 1 heteroatoms. The van der Waals surface area contributed by atoms with Gasteiger partial charge in [-0.2, -0.15) is 0 Å². The summed E-state index contributed by atoms with van der Waals surface area (Å²) in [5, 5.41) is 10.4. The second-order valence-electron chi connectivity index (χ2n) is 5.01. The first kappa shape index (κ1) is 11.7. The van der Waals surface area contributed by atoms with E-state index in [1.54, 1.807) is 0 Å². The number of hydrogen-bond donors (Lipinski definition) is 1. The van der Waals surface area contributed by atoms with Gasteiger partial charge in [0.15, 0.2) is 0 Å². The molecule has 0 spiro atoms. The Labute approximate surface area is 98.5 Å². The number of aliphatic hydroxyl groups excluding tert-OH is 1. The molecule has 0 unspecified atom stereocenters. The van der Waals surface area contributed by atoms with Crippen molar-refractivity contribution >= 4 is 0 Å². The van der Waals surface area contributed by atoms with E-state index >= 15 is 0 Å². The predicted octanol–water partition coefficient (Wildman–Crippen LogP) is 3.66. The number of benzene rings is 1. The summed E-state index contributed by atoms with van der Waals surface area (Å²) in [6.07, 6.45) is 6.80. The van der Waals surface area contributed by atoms with Crippen LogP contribution in [-0.2, 0) is 5.41 Å². The van der Waals surface area contributed by atoms with Crippen LogP contribution < -0.4 is 0 Å². The largest absolute Gasteiger partial charge is 0.392 e. The molecule has 1 fully saturated rings. The average molecular weight is 218 g/mol. The molecule has 1 aromatic carbocycles. The van der Waals surface area contributed by atoms with E-state index in [1.165, 1.54) is 24.8 Å². The summed E-state index contributed by atoms with van der Waals surface area (Å²) in [5.74, 6) is 0. The van der Waals surface area contributed by atoms with Gasteiger partial charge in [-0.05, 0) is 24.8 Å². The van der Waals surface area contributed by atoms with E-state index in [2.05, 4.69) is 37.3 Å². The number of hydrogen-bond acceptors (Lipinski definition) is 1. The van der Waals surface area contributed by atoms with E-state index in [0.717, 1.165) is 19.3 Å². The van der Waals surface area contributed by atoms with Crippen LogP contribution in [0.1, 0.15) is 51.0 Å². The first-order chi connectivity index (χ1) is 7.79. The Morgan fingerprint density at radius 1 is 1.12 bits per heavy atom. The van der Waals surface area contributed by atoms with Crippen molar-refractivity contribution < 1.29 is 5.11 Å². The third kappa shape index (κ3) is 2.01. The van der Waals surface area contributed by atoms with Gasteiger partial charge < -0.3 is 5.11 Å². The molecule has 0 heterocycles. The summed E-state index contributed by atoms with van der Waals surface area (Å²) in [4.78, 5) is 0. The van der Waals surface area contributed by atoms with Crippen LogP contribution in [0.3, 0.4) is 0 Å². The molecule has 2 rings (SSSR count). The van der Waals surface area contributed by atoms with Crippen molar-refractivity contribution in [2.24, 2.45) is 0 Å². The monoisotopic (exact) mass is 218 g/mol. The van der Waals surface area contributed by atoms with Crippen LogP contribution in [0, 0.1) is 0 Å². The van der Waals surface area contributed by atoms with Crippen LogP contribution in [0.4, 0.5) is 0 Å². The van der Waals surface area contributed by atoms with Gasteiger partial charge in [0.25, 0.3) is 0 Å². The molecule has 1 N–H and O–H groups in total. The lowest BCUT2D eigenvalue weighted by Crippen LogP contribution is -2.41. The van der Waals surface area contributed by atoms with Crippen LogP contribution in [-0.4, -0.2) is 11.2 Å². The molecule has 16 heavy (non-hydrogen) atoms. The average Bonchev–Trinajstić information content (AvgIpc) is 2.39. The molecule has 1 aliphatic carbocycles. The standard InChI is InChI=1S/C15H22O/c1-2-14(16)15(11-7-4-8-12-15)13-9-5-3-6-10-13/h3,5-6,9-10,14,16H,2,4,7-8,11-12H2,1H3/t14-/m1/s1. The minimum atomic E-state index is -0.185. The summed E-state index contributed by atoms with van der Waals surface area (Å²) in [6.45, 7) is 2.09. The fourth-order valence-electron chi connectivity index (χ4n) is 3.16. The summed E-state index contributed by atoms with van der Waals surface area (Å²) >= 11 is 0. The molecule has 1 atom stereocenters. The van der Waals surface area contributed by atoms with E-state index in [9.17, 15) is 5.11 Å². The van der Waals surface area contributed by atoms with Gasteiger partial charge in [-0.15, -0.1) is 0 Å². The zero-order chi connectivity index (χ0) is 11.4. The van der Waals surface area contributed by atoms with Crippen LogP contribution in [0.2, 0.25) is 0 Å². The molecular formula is C15H22O. The second kappa shape index (κ2) is 5.01. The minimum Gasteiger partial charge on any atom is -0.392 e. The first-order valence-electron chi connectivity index (χ1n) is 6.53. The third-order valence-corrected chi connectivity index (χ3v) is 4.12. The highest BCUT2D eigenvalue weighted by Crippen LogP contribution is 2.42. The second-order valence-corrected chi connectivity index (χ2v) is 5.01. The summed E-state index contributed by atoms with van der Waals surface area (Å²) < 4.78 is 0. The molecule has 1 saturated carbocycles. The van der Waals surface area contributed by atoms with Gasteiger partial charge in [-0.3, -0.25) is 0 Å². The summed E-state index contributed by atoms with van der Waals surface area (Å²) in [6, 6.07) is 10.6. The van der Waals surface area contributed by atoms with Gasteiger partial charge in [0, 0.05) is 5.41 Å². The van der Waals surface area contributed by atoms with Crippen LogP contribution in [0.25, 0.3) is 0 Å². The van der Waals surface area contributed by atoms with Crippen molar-refractivity contribution in [2.45, 2.75) is 57.0 Å². The number of aliphatic hydroxyl groups is 1. The van der Waals surface area contributed by atoms with E-state index < -0.39 is 0 Å². The molecule has 88 valence electrons. The molecular weight excluding hydrogens is 196 g/mol. The summed E-state index contributed by atoms with van der Waals surface area (Å²) in [7, 11) is 0. The molecule has 0 saturated heterocycles. The number of rotatable bonds is 3. The van der Waals surface area contributed by atoms with Gasteiger partial charge in [0.05, 0.1) is 6.10 Å². The topological polar surface area (TPSA) is 20.2 Å². The van der Waals surface area contributed by atoms with Crippen molar-refractivity contribution in [1.82, 2.24) is 0 Å². The molecule has 0 bridgehead atoms. The lowest BCUT2D eigenvalue weighted by Gasteiger charge is -2.41. The predicted molar refractivity (Wildman–Crippen MR) is 67.5 cm³/mol. The maximum absolute atomic E-state index is 10.4. The highest BCUT2D eigenvalue weighted by molar-refractivity contribution is 5.27. The van der Waals surface area contributed by atoms with Crippen molar-refractivity contribution in [3.63, 3.8) is 0 Å². The van der Waals surface area contributed by atoms with Gasteiger partial charge in [-0.25, -0.2) is 0 Å². The van der Waals surface area contributed by atoms with Gasteiger partial charge in [0.2, 0.25) is 0 Å². The lowest BCUT2D eigenvalue weighted by molar-refractivity contribution is 0.0508. The van der Waals surface area contributed by atoms with Gasteiger partial charge in [0.1, 0.15) is 0 Å². The molecule has 0 aromatic heterocycles. The van der Waals surface area contributed by atoms with Crippen molar-refractivity contribution in [1.29, 1.82) is 0 Å². The highest BCUT2D eigenvalue weighted by Gasteiger charge is 2.39.